The van der Waals surface area contributed by atoms with Gasteiger partial charge in [0.2, 0.25) is 5.89 Å². The molecule has 0 aliphatic heterocycles. The molecule has 1 aromatic rings. The van der Waals surface area contributed by atoms with Crippen molar-refractivity contribution in [3.8, 4) is 0 Å². The van der Waals surface area contributed by atoms with E-state index in [2.05, 4.69) is 14.6 Å². The van der Waals surface area contributed by atoms with Crippen LogP contribution in [0.2, 0.25) is 0 Å². The first kappa shape index (κ1) is 9.05. The van der Waals surface area contributed by atoms with Gasteiger partial charge in [0.25, 0.3) is 5.89 Å². The number of nitrogens with zero attached hydrogens (tertiary/aromatic N) is 2. The summed E-state index contributed by atoms with van der Waals surface area (Å²) in [5, 5.41) is 6.58. The fraction of sp³-hybridized carbons (Fsp3) is 0.667. The standard InChI is InChI=1S/C6H9F2N3O/c7-5(8)6-11-10-4(12-6)2-1-3-9/h5H,1-3,9H2. The number of nitrogens with two attached hydrogens (primary N) is 1. The smallest absolute Gasteiger partial charge is 0.314 e. The minimum absolute atomic E-state index is 0.218. The molecule has 0 aliphatic carbocycles. The third kappa shape index (κ3) is 2.23. The van der Waals surface area contributed by atoms with E-state index in [1.54, 1.807) is 0 Å². The molecule has 6 heteroatoms. The van der Waals surface area contributed by atoms with Crippen LogP contribution in [-0.4, -0.2) is 16.7 Å². The van der Waals surface area contributed by atoms with Gasteiger partial charge in [-0.15, -0.1) is 10.2 Å². The maximum atomic E-state index is 11.9. The number of rotatable bonds is 4. The molecule has 0 spiro atoms. The van der Waals surface area contributed by atoms with Crippen molar-refractivity contribution in [1.29, 1.82) is 0 Å². The van der Waals surface area contributed by atoms with Crippen LogP contribution in [0.15, 0.2) is 4.42 Å². The van der Waals surface area contributed by atoms with Gasteiger partial charge in [0.15, 0.2) is 0 Å². The summed E-state index contributed by atoms with van der Waals surface area (Å²) in [6, 6.07) is 0. The Morgan fingerprint density at radius 2 is 2.17 bits per heavy atom. The van der Waals surface area contributed by atoms with Gasteiger partial charge >= 0.3 is 6.43 Å². The molecule has 2 N–H and O–H groups in total. The summed E-state index contributed by atoms with van der Waals surface area (Å²) in [5.41, 5.74) is 5.20. The molecule has 0 aromatic carbocycles. The summed E-state index contributed by atoms with van der Waals surface area (Å²) in [4.78, 5) is 0. The lowest BCUT2D eigenvalue weighted by Crippen LogP contribution is -2.00. The molecule has 0 aliphatic rings. The van der Waals surface area contributed by atoms with E-state index in [4.69, 9.17) is 5.73 Å². The van der Waals surface area contributed by atoms with Crippen molar-refractivity contribution in [3.63, 3.8) is 0 Å². The first-order chi connectivity index (χ1) is 5.74. The normalized spacial score (nSPS) is 11.0. The number of aryl methyl sites for hydroxylation is 1. The van der Waals surface area contributed by atoms with E-state index < -0.39 is 12.3 Å². The number of aromatic nitrogens is 2. The third-order valence-corrected chi connectivity index (χ3v) is 1.26. The number of hydrogen-bond donors (Lipinski definition) is 1. The highest BCUT2D eigenvalue weighted by molar-refractivity contribution is 4.82. The molecule has 12 heavy (non-hydrogen) atoms. The van der Waals surface area contributed by atoms with Gasteiger partial charge in [-0.2, -0.15) is 8.78 Å². The monoisotopic (exact) mass is 177 g/mol. The van der Waals surface area contributed by atoms with Crippen molar-refractivity contribution in [2.24, 2.45) is 5.73 Å². The fourth-order valence-corrected chi connectivity index (χ4v) is 0.709. The summed E-state index contributed by atoms with van der Waals surface area (Å²) in [6.45, 7) is 0.479. The molecule has 4 nitrogen and oxygen atoms in total. The quantitative estimate of drug-likeness (QED) is 0.741. The molecular formula is C6H9F2N3O. The predicted octanol–water partition coefficient (Wildman–Crippen LogP) is 0.899. The van der Waals surface area contributed by atoms with Crippen molar-refractivity contribution in [1.82, 2.24) is 10.2 Å². The molecule has 1 heterocycles. The molecule has 0 bridgehead atoms. The van der Waals surface area contributed by atoms with Crippen LogP contribution >= 0.6 is 0 Å². The SMILES string of the molecule is NCCCc1nnc(C(F)F)o1. The summed E-state index contributed by atoms with van der Waals surface area (Å²) >= 11 is 0. The lowest BCUT2D eigenvalue weighted by molar-refractivity contribution is 0.113. The van der Waals surface area contributed by atoms with Gasteiger partial charge in [0.05, 0.1) is 0 Å². The molecular weight excluding hydrogens is 168 g/mol. The van der Waals surface area contributed by atoms with Gasteiger partial charge in [0, 0.05) is 6.42 Å². The first-order valence-corrected chi connectivity index (χ1v) is 3.54. The molecule has 0 unspecified atom stereocenters. The minimum Gasteiger partial charge on any atom is -0.420 e. The Hall–Kier alpha value is -1.04. The summed E-state index contributed by atoms with van der Waals surface area (Å²) < 4.78 is 28.4. The van der Waals surface area contributed by atoms with Crippen LogP contribution in [0.1, 0.15) is 24.6 Å². The molecule has 1 rings (SSSR count). The van der Waals surface area contributed by atoms with Gasteiger partial charge in [0.1, 0.15) is 0 Å². The Labute approximate surface area is 67.8 Å². The van der Waals surface area contributed by atoms with Crippen LogP contribution in [0.5, 0.6) is 0 Å². The zero-order chi connectivity index (χ0) is 8.97. The topological polar surface area (TPSA) is 64.9 Å². The molecule has 0 saturated carbocycles. The van der Waals surface area contributed by atoms with E-state index >= 15 is 0 Å². The molecule has 0 fully saturated rings. The largest absolute Gasteiger partial charge is 0.420 e. The highest BCUT2D eigenvalue weighted by atomic mass is 19.3. The van der Waals surface area contributed by atoms with Gasteiger partial charge in [-0.05, 0) is 13.0 Å². The van der Waals surface area contributed by atoms with Crippen LogP contribution in [0, 0.1) is 0 Å². The third-order valence-electron chi connectivity index (χ3n) is 1.26. The van der Waals surface area contributed by atoms with Gasteiger partial charge in [-0.3, -0.25) is 0 Å². The highest BCUT2D eigenvalue weighted by Crippen LogP contribution is 2.16. The van der Waals surface area contributed by atoms with Crippen molar-refractivity contribution < 1.29 is 13.2 Å². The van der Waals surface area contributed by atoms with Crippen molar-refractivity contribution in [3.05, 3.63) is 11.8 Å². The van der Waals surface area contributed by atoms with E-state index in [9.17, 15) is 8.78 Å². The lowest BCUT2D eigenvalue weighted by atomic mass is 10.3. The Balaban J connectivity index is 2.52. The fourth-order valence-electron chi connectivity index (χ4n) is 0.709. The molecule has 68 valence electrons. The highest BCUT2D eigenvalue weighted by Gasteiger charge is 2.15. The molecule has 0 atom stereocenters. The molecule has 0 amide bonds. The van der Waals surface area contributed by atoms with Crippen molar-refractivity contribution in [2.75, 3.05) is 6.54 Å². The Bertz CT molecular complexity index is 238. The van der Waals surface area contributed by atoms with E-state index in [1.807, 2.05) is 0 Å². The Morgan fingerprint density at radius 1 is 1.42 bits per heavy atom. The number of alkyl halides is 2. The zero-order valence-electron chi connectivity index (χ0n) is 6.33. The van der Waals surface area contributed by atoms with Crippen LogP contribution in [0.3, 0.4) is 0 Å². The van der Waals surface area contributed by atoms with E-state index in [0.717, 1.165) is 0 Å². The second-order valence-electron chi connectivity index (χ2n) is 2.23. The van der Waals surface area contributed by atoms with Gasteiger partial charge in [-0.1, -0.05) is 0 Å². The molecule has 1 aromatic heterocycles. The number of halogens is 2. The second kappa shape index (κ2) is 4.10. The second-order valence-corrected chi connectivity index (χ2v) is 2.23. The summed E-state index contributed by atoms with van der Waals surface area (Å²) in [7, 11) is 0. The van der Waals surface area contributed by atoms with Crippen LogP contribution < -0.4 is 5.73 Å². The molecule has 0 saturated heterocycles. The van der Waals surface area contributed by atoms with E-state index in [-0.39, 0.29) is 5.89 Å². The summed E-state index contributed by atoms with van der Waals surface area (Å²) in [5.74, 6) is -0.405. The van der Waals surface area contributed by atoms with Crippen molar-refractivity contribution in [2.45, 2.75) is 19.3 Å². The van der Waals surface area contributed by atoms with Crippen LogP contribution in [-0.2, 0) is 6.42 Å². The van der Waals surface area contributed by atoms with Crippen LogP contribution in [0.25, 0.3) is 0 Å². The lowest BCUT2D eigenvalue weighted by Gasteiger charge is -1.90. The summed E-state index contributed by atoms with van der Waals surface area (Å²) in [6.07, 6.45) is -1.58. The number of hydrogen-bond acceptors (Lipinski definition) is 4. The minimum atomic E-state index is -2.69. The molecule has 0 radical (unpaired) electrons. The average molecular weight is 177 g/mol. The van der Waals surface area contributed by atoms with Gasteiger partial charge in [-0.25, -0.2) is 0 Å². The van der Waals surface area contributed by atoms with Crippen molar-refractivity contribution >= 4 is 0 Å². The van der Waals surface area contributed by atoms with Crippen LogP contribution in [0.4, 0.5) is 8.78 Å². The van der Waals surface area contributed by atoms with Gasteiger partial charge < -0.3 is 10.2 Å². The van der Waals surface area contributed by atoms with E-state index in [0.29, 0.717) is 19.4 Å². The predicted molar refractivity (Wildman–Crippen MR) is 36.6 cm³/mol. The Kier molecular flexibility index (Phi) is 3.09. The maximum Gasteiger partial charge on any atom is 0.314 e. The Morgan fingerprint density at radius 3 is 2.67 bits per heavy atom. The van der Waals surface area contributed by atoms with E-state index in [1.165, 1.54) is 0 Å². The zero-order valence-corrected chi connectivity index (χ0v) is 6.33. The maximum absolute atomic E-state index is 11.9. The average Bonchev–Trinajstić information content (AvgIpc) is 2.48. The first-order valence-electron chi connectivity index (χ1n) is 3.54.